The van der Waals surface area contributed by atoms with E-state index in [4.69, 9.17) is 15.2 Å². The molecule has 0 unspecified atom stereocenters. The van der Waals surface area contributed by atoms with Crippen molar-refractivity contribution < 1.29 is 27.4 Å². The van der Waals surface area contributed by atoms with E-state index in [1.807, 2.05) is 0 Å². The molecule has 9 nitrogen and oxygen atoms in total. The Labute approximate surface area is 179 Å². The summed E-state index contributed by atoms with van der Waals surface area (Å²) in [5.41, 5.74) is 4.54. The van der Waals surface area contributed by atoms with Crippen LogP contribution in [-0.2, 0) is 29.1 Å². The van der Waals surface area contributed by atoms with Gasteiger partial charge in [0, 0.05) is 32.2 Å². The highest BCUT2D eigenvalue weighted by molar-refractivity contribution is 7.18. The second-order valence-corrected chi connectivity index (χ2v) is 7.88. The zero-order valence-corrected chi connectivity index (χ0v) is 18.4. The molecule has 0 spiro atoms. The summed E-state index contributed by atoms with van der Waals surface area (Å²) < 4.78 is 50.5. The number of hydrogen-bond acceptors (Lipinski definition) is 6. The van der Waals surface area contributed by atoms with E-state index in [0.717, 1.165) is 20.5 Å². The monoisotopic (exact) mass is 466 g/mol. The van der Waals surface area contributed by atoms with Crippen LogP contribution < -0.4 is 17.0 Å². The smallest absolute Gasteiger partial charge is 0.354 e. The number of methoxy groups -OCH3 is 2. The van der Waals surface area contributed by atoms with Gasteiger partial charge in [0.2, 0.25) is 0 Å². The van der Waals surface area contributed by atoms with Crippen molar-refractivity contribution >= 4 is 27.6 Å². The second-order valence-electron chi connectivity index (χ2n) is 6.80. The Morgan fingerprint density at radius 3 is 2.32 bits per heavy atom. The number of alkyl halides is 3. The molecule has 13 heteroatoms. The van der Waals surface area contributed by atoms with E-state index in [1.54, 1.807) is 13.8 Å². The van der Waals surface area contributed by atoms with Crippen LogP contribution in [0.5, 0.6) is 0 Å². The third-order valence-corrected chi connectivity index (χ3v) is 6.17. The molecule has 0 atom stereocenters. The van der Waals surface area contributed by atoms with Crippen LogP contribution >= 0.6 is 11.3 Å². The van der Waals surface area contributed by atoms with Crippen LogP contribution in [0, 0.1) is 6.92 Å². The van der Waals surface area contributed by atoms with Crippen molar-refractivity contribution in [2.45, 2.75) is 52.4 Å². The Morgan fingerprint density at radius 1 is 1.23 bits per heavy atom. The number of fused-ring (bicyclic) bond motifs is 1. The molecule has 0 aliphatic rings. The lowest BCUT2D eigenvalue weighted by atomic mass is 10.2. The predicted octanol–water partition coefficient (Wildman–Crippen LogP) is 2.01. The fourth-order valence-electron chi connectivity index (χ4n) is 3.14. The summed E-state index contributed by atoms with van der Waals surface area (Å²) in [6, 6.07) is -0.767. The maximum Gasteiger partial charge on any atom is 0.390 e. The standard InChI is InChI=1S/C18H25F3N4O5S/c1-5-24-14(26)13-10(2)11(8-23(16(22)27)9-12(29-3)30-4)31-15(13)25(17(24)28)7-6-18(19,20)21/h12H,5-9H2,1-4H3,(H2,22,27). The van der Waals surface area contributed by atoms with Crippen molar-refractivity contribution in [2.75, 3.05) is 20.8 Å². The molecule has 0 saturated heterocycles. The molecule has 0 fully saturated rings. The predicted molar refractivity (Wildman–Crippen MR) is 109 cm³/mol. The summed E-state index contributed by atoms with van der Waals surface area (Å²) in [4.78, 5) is 39.3. The van der Waals surface area contributed by atoms with Crippen molar-refractivity contribution in [3.63, 3.8) is 0 Å². The Morgan fingerprint density at radius 2 is 1.84 bits per heavy atom. The topological polar surface area (TPSA) is 109 Å². The van der Waals surface area contributed by atoms with Crippen LogP contribution in [0.1, 0.15) is 23.8 Å². The van der Waals surface area contributed by atoms with Gasteiger partial charge < -0.3 is 20.1 Å². The molecular weight excluding hydrogens is 441 g/mol. The first kappa shape index (κ1) is 24.9. The molecule has 2 rings (SSSR count). The van der Waals surface area contributed by atoms with E-state index in [2.05, 4.69) is 0 Å². The molecule has 0 radical (unpaired) electrons. The Bertz CT molecular complexity index is 1060. The number of urea groups is 1. The number of carbonyl (C=O) groups is 1. The zero-order chi connectivity index (χ0) is 23.5. The van der Waals surface area contributed by atoms with E-state index >= 15 is 0 Å². The van der Waals surface area contributed by atoms with Crippen LogP contribution in [0.4, 0.5) is 18.0 Å². The zero-order valence-electron chi connectivity index (χ0n) is 17.6. The van der Waals surface area contributed by atoms with Crippen LogP contribution in [0.15, 0.2) is 9.59 Å². The van der Waals surface area contributed by atoms with Gasteiger partial charge in [0.25, 0.3) is 5.56 Å². The number of aromatic nitrogens is 2. The summed E-state index contributed by atoms with van der Waals surface area (Å²) in [6.45, 7) is 2.56. The van der Waals surface area contributed by atoms with E-state index in [9.17, 15) is 27.6 Å². The number of thiophene rings is 1. The number of carbonyl (C=O) groups excluding carboxylic acids is 1. The average Bonchev–Trinajstić information content (AvgIpc) is 3.00. The number of aryl methyl sites for hydroxylation is 2. The molecular formula is C18H25F3N4O5S. The van der Waals surface area contributed by atoms with Gasteiger partial charge in [0.15, 0.2) is 6.29 Å². The summed E-state index contributed by atoms with van der Waals surface area (Å²) in [6.07, 6.45) is -6.43. The van der Waals surface area contributed by atoms with Crippen molar-refractivity contribution in [2.24, 2.45) is 5.73 Å². The molecule has 2 N–H and O–H groups in total. The highest BCUT2D eigenvalue weighted by Crippen LogP contribution is 2.30. The lowest BCUT2D eigenvalue weighted by Gasteiger charge is -2.24. The van der Waals surface area contributed by atoms with E-state index in [0.29, 0.717) is 10.4 Å². The minimum absolute atomic E-state index is 0.00388. The van der Waals surface area contributed by atoms with E-state index < -0.39 is 42.7 Å². The molecule has 2 heterocycles. The van der Waals surface area contributed by atoms with E-state index in [-0.39, 0.29) is 29.9 Å². The maximum absolute atomic E-state index is 12.8. The van der Waals surface area contributed by atoms with Crippen molar-refractivity contribution in [3.8, 4) is 0 Å². The number of nitrogens with zero attached hydrogens (tertiary/aromatic N) is 3. The third kappa shape index (κ3) is 5.46. The van der Waals surface area contributed by atoms with Crippen LogP contribution in [0.3, 0.4) is 0 Å². The first-order chi connectivity index (χ1) is 14.4. The van der Waals surface area contributed by atoms with Gasteiger partial charge in [-0.1, -0.05) is 0 Å². The lowest BCUT2D eigenvalue weighted by molar-refractivity contribution is -0.136. The van der Waals surface area contributed by atoms with Crippen LogP contribution in [0.25, 0.3) is 10.2 Å². The Kier molecular flexibility index (Phi) is 7.89. The van der Waals surface area contributed by atoms with Crippen LogP contribution in [-0.4, -0.2) is 53.3 Å². The highest BCUT2D eigenvalue weighted by atomic mass is 32.1. The largest absolute Gasteiger partial charge is 0.390 e. The number of nitrogens with two attached hydrogens (primary N) is 1. The molecule has 0 saturated carbocycles. The number of amides is 2. The van der Waals surface area contributed by atoms with Gasteiger partial charge in [0.1, 0.15) is 4.83 Å². The number of halogens is 3. The average molecular weight is 466 g/mol. The fraction of sp³-hybridized carbons (Fsp3) is 0.611. The normalized spacial score (nSPS) is 12.1. The van der Waals surface area contributed by atoms with Gasteiger partial charge in [-0.15, -0.1) is 11.3 Å². The van der Waals surface area contributed by atoms with E-state index in [1.165, 1.54) is 19.1 Å². The Balaban J connectivity index is 2.61. The van der Waals surface area contributed by atoms with Crippen LogP contribution in [0.2, 0.25) is 0 Å². The Hall–Kier alpha value is -2.38. The molecule has 0 bridgehead atoms. The molecule has 2 aromatic heterocycles. The molecule has 31 heavy (non-hydrogen) atoms. The molecule has 0 aliphatic heterocycles. The minimum Gasteiger partial charge on any atom is -0.354 e. The second kappa shape index (κ2) is 9.83. The summed E-state index contributed by atoms with van der Waals surface area (Å²) in [7, 11) is 2.79. The summed E-state index contributed by atoms with van der Waals surface area (Å²) in [5, 5.41) is 0.156. The first-order valence-electron chi connectivity index (χ1n) is 9.37. The SMILES string of the molecule is CCn1c(=O)c2c(C)c(CN(CC(OC)OC)C(N)=O)sc2n(CCC(F)(F)F)c1=O. The van der Waals surface area contributed by atoms with Gasteiger partial charge in [-0.3, -0.25) is 13.9 Å². The molecule has 0 aliphatic carbocycles. The number of ether oxygens (including phenoxy) is 2. The van der Waals surface area contributed by atoms with Crippen molar-refractivity contribution in [1.29, 1.82) is 0 Å². The van der Waals surface area contributed by atoms with Gasteiger partial charge in [-0.2, -0.15) is 13.2 Å². The van der Waals surface area contributed by atoms with Crippen molar-refractivity contribution in [3.05, 3.63) is 31.3 Å². The molecule has 0 aromatic carbocycles. The van der Waals surface area contributed by atoms with Crippen molar-refractivity contribution in [1.82, 2.24) is 14.0 Å². The quantitative estimate of drug-likeness (QED) is 0.569. The highest BCUT2D eigenvalue weighted by Gasteiger charge is 2.29. The lowest BCUT2D eigenvalue weighted by Crippen LogP contribution is -2.41. The molecule has 174 valence electrons. The number of rotatable bonds is 9. The summed E-state index contributed by atoms with van der Waals surface area (Å²) in [5.74, 6) is 0. The van der Waals surface area contributed by atoms with Gasteiger partial charge in [0.05, 0.1) is 24.9 Å². The fourth-order valence-corrected chi connectivity index (χ4v) is 4.47. The summed E-state index contributed by atoms with van der Waals surface area (Å²) >= 11 is 0.988. The minimum atomic E-state index is -4.47. The number of hydrogen-bond donors (Lipinski definition) is 1. The maximum atomic E-state index is 12.8. The molecule has 2 amide bonds. The van der Waals surface area contributed by atoms with Gasteiger partial charge in [-0.25, -0.2) is 9.59 Å². The van der Waals surface area contributed by atoms with Gasteiger partial charge in [-0.05, 0) is 19.4 Å². The third-order valence-electron chi connectivity index (χ3n) is 4.87. The number of primary amides is 1. The first-order valence-corrected chi connectivity index (χ1v) is 10.2. The van der Waals surface area contributed by atoms with Gasteiger partial charge >= 0.3 is 17.9 Å². The molecule has 2 aromatic rings.